The Bertz CT molecular complexity index is 703. The maximum atomic E-state index is 10.8. The molecule has 0 saturated carbocycles. The van der Waals surface area contributed by atoms with Gasteiger partial charge in [-0.3, -0.25) is 9.69 Å². The van der Waals surface area contributed by atoms with Gasteiger partial charge in [-0.2, -0.15) is 0 Å². The first-order valence-corrected chi connectivity index (χ1v) is 7.80. The lowest BCUT2D eigenvalue weighted by Gasteiger charge is -2.36. The van der Waals surface area contributed by atoms with Crippen LogP contribution in [-0.2, 0) is 11.3 Å². The molecule has 1 aliphatic rings. The van der Waals surface area contributed by atoms with E-state index in [0.29, 0.717) is 13.1 Å². The van der Waals surface area contributed by atoms with Crippen LogP contribution in [0.4, 0.5) is 0 Å². The maximum absolute atomic E-state index is 10.8. The standard InChI is InChI=1S/C19H21NO3/c1-13-3-6-18(9-14(13)2)23-17-7-4-15(5-8-17)10-20-11-16(12-20)19(21)22/h3-9,16H,10-12H2,1-2H3,(H,21,22). The Hall–Kier alpha value is -2.33. The lowest BCUT2D eigenvalue weighted by atomic mass is 10.00. The third kappa shape index (κ3) is 3.71. The SMILES string of the molecule is Cc1ccc(Oc2ccc(CN3CC(C(=O)O)C3)cc2)cc1C. The van der Waals surface area contributed by atoms with Crippen molar-refractivity contribution in [3.8, 4) is 11.5 Å². The third-order valence-electron chi connectivity index (χ3n) is 4.35. The van der Waals surface area contributed by atoms with E-state index in [1.807, 2.05) is 36.4 Å². The molecule has 1 aliphatic heterocycles. The molecule has 0 amide bonds. The summed E-state index contributed by atoms with van der Waals surface area (Å²) in [5, 5.41) is 8.89. The minimum atomic E-state index is -0.696. The van der Waals surface area contributed by atoms with E-state index in [1.165, 1.54) is 16.7 Å². The molecular weight excluding hydrogens is 290 g/mol. The van der Waals surface area contributed by atoms with Crippen LogP contribution in [0.2, 0.25) is 0 Å². The van der Waals surface area contributed by atoms with Crippen molar-refractivity contribution in [1.29, 1.82) is 0 Å². The molecule has 0 atom stereocenters. The van der Waals surface area contributed by atoms with Crippen LogP contribution in [-0.4, -0.2) is 29.1 Å². The van der Waals surface area contributed by atoms with Crippen LogP contribution in [0.3, 0.4) is 0 Å². The molecule has 1 saturated heterocycles. The number of carboxylic acids is 1. The van der Waals surface area contributed by atoms with Crippen molar-refractivity contribution < 1.29 is 14.6 Å². The molecule has 2 aromatic carbocycles. The fraction of sp³-hybridized carbons (Fsp3) is 0.316. The van der Waals surface area contributed by atoms with Crippen LogP contribution < -0.4 is 4.74 Å². The summed E-state index contributed by atoms with van der Waals surface area (Å²) in [6, 6.07) is 14.0. The number of likely N-dealkylation sites (tertiary alicyclic amines) is 1. The summed E-state index contributed by atoms with van der Waals surface area (Å²) in [5.74, 6) is 0.748. The largest absolute Gasteiger partial charge is 0.481 e. The number of carbonyl (C=O) groups is 1. The second-order valence-corrected chi connectivity index (χ2v) is 6.22. The van der Waals surface area contributed by atoms with Crippen molar-refractivity contribution >= 4 is 5.97 Å². The molecule has 23 heavy (non-hydrogen) atoms. The number of hydrogen-bond donors (Lipinski definition) is 1. The second kappa shape index (κ2) is 6.42. The zero-order chi connectivity index (χ0) is 16.4. The summed E-state index contributed by atoms with van der Waals surface area (Å²) in [4.78, 5) is 12.9. The first-order valence-electron chi connectivity index (χ1n) is 7.80. The van der Waals surface area contributed by atoms with Gasteiger partial charge in [-0.05, 0) is 54.8 Å². The van der Waals surface area contributed by atoms with Gasteiger partial charge in [0, 0.05) is 19.6 Å². The van der Waals surface area contributed by atoms with Gasteiger partial charge in [-0.15, -0.1) is 0 Å². The first kappa shape index (κ1) is 15.6. The first-order chi connectivity index (χ1) is 11.0. The molecule has 1 fully saturated rings. The molecule has 0 aliphatic carbocycles. The van der Waals surface area contributed by atoms with Gasteiger partial charge in [0.25, 0.3) is 0 Å². The number of carboxylic acid groups (broad SMARTS) is 1. The summed E-state index contributed by atoms with van der Waals surface area (Å²) < 4.78 is 5.87. The highest BCUT2D eigenvalue weighted by atomic mass is 16.5. The predicted octanol–water partition coefficient (Wildman–Crippen LogP) is 3.61. The normalized spacial score (nSPS) is 15.2. The van der Waals surface area contributed by atoms with E-state index in [9.17, 15) is 4.79 Å². The molecule has 0 spiro atoms. The van der Waals surface area contributed by atoms with Gasteiger partial charge >= 0.3 is 5.97 Å². The minimum Gasteiger partial charge on any atom is -0.481 e. The molecular formula is C19H21NO3. The average Bonchev–Trinajstić information content (AvgIpc) is 2.47. The smallest absolute Gasteiger partial charge is 0.309 e. The van der Waals surface area contributed by atoms with Crippen molar-refractivity contribution in [3.63, 3.8) is 0 Å². The van der Waals surface area contributed by atoms with Gasteiger partial charge < -0.3 is 9.84 Å². The number of aryl methyl sites for hydroxylation is 2. The molecule has 4 heteroatoms. The number of rotatable bonds is 5. The van der Waals surface area contributed by atoms with E-state index in [0.717, 1.165) is 18.0 Å². The number of nitrogens with zero attached hydrogens (tertiary/aromatic N) is 1. The highest BCUT2D eigenvalue weighted by molar-refractivity contribution is 5.71. The monoisotopic (exact) mass is 311 g/mol. The molecule has 2 aromatic rings. The Morgan fingerprint density at radius 1 is 1.09 bits per heavy atom. The van der Waals surface area contributed by atoms with E-state index in [1.54, 1.807) is 0 Å². The van der Waals surface area contributed by atoms with E-state index < -0.39 is 5.97 Å². The molecule has 3 rings (SSSR count). The molecule has 0 bridgehead atoms. The summed E-state index contributed by atoms with van der Waals surface area (Å²) in [7, 11) is 0. The van der Waals surface area contributed by atoms with E-state index >= 15 is 0 Å². The molecule has 0 radical (unpaired) electrons. The van der Waals surface area contributed by atoms with Gasteiger partial charge in [0.2, 0.25) is 0 Å². The third-order valence-corrected chi connectivity index (χ3v) is 4.35. The predicted molar refractivity (Wildman–Crippen MR) is 88.8 cm³/mol. The van der Waals surface area contributed by atoms with Crippen molar-refractivity contribution in [2.24, 2.45) is 5.92 Å². The Morgan fingerprint density at radius 2 is 1.74 bits per heavy atom. The molecule has 0 aromatic heterocycles. The highest BCUT2D eigenvalue weighted by Crippen LogP contribution is 2.25. The second-order valence-electron chi connectivity index (χ2n) is 6.22. The lowest BCUT2D eigenvalue weighted by Crippen LogP contribution is -2.49. The molecule has 1 heterocycles. The minimum absolute atomic E-state index is 0.206. The van der Waals surface area contributed by atoms with Crippen molar-refractivity contribution in [2.45, 2.75) is 20.4 Å². The maximum Gasteiger partial charge on any atom is 0.309 e. The molecule has 0 unspecified atom stereocenters. The fourth-order valence-electron chi connectivity index (χ4n) is 2.69. The Morgan fingerprint density at radius 3 is 2.35 bits per heavy atom. The van der Waals surface area contributed by atoms with Gasteiger partial charge in [0.05, 0.1) is 5.92 Å². The van der Waals surface area contributed by atoms with Crippen LogP contribution in [0.5, 0.6) is 11.5 Å². The summed E-state index contributed by atoms with van der Waals surface area (Å²) in [5.41, 5.74) is 3.63. The molecule has 1 N–H and O–H groups in total. The Labute approximate surface area is 136 Å². The van der Waals surface area contributed by atoms with E-state index in [-0.39, 0.29) is 5.92 Å². The van der Waals surface area contributed by atoms with E-state index in [4.69, 9.17) is 9.84 Å². The van der Waals surface area contributed by atoms with Crippen molar-refractivity contribution in [3.05, 3.63) is 59.2 Å². The van der Waals surface area contributed by atoms with Gasteiger partial charge in [0.15, 0.2) is 0 Å². The Balaban J connectivity index is 1.57. The topological polar surface area (TPSA) is 49.8 Å². The summed E-state index contributed by atoms with van der Waals surface area (Å²) in [6.45, 7) is 6.21. The highest BCUT2D eigenvalue weighted by Gasteiger charge is 2.32. The number of benzene rings is 2. The van der Waals surface area contributed by atoms with Gasteiger partial charge in [-0.25, -0.2) is 0 Å². The molecule has 120 valence electrons. The summed E-state index contributed by atoms with van der Waals surface area (Å²) >= 11 is 0. The number of ether oxygens (including phenoxy) is 1. The van der Waals surface area contributed by atoms with Crippen LogP contribution in [0.1, 0.15) is 16.7 Å². The van der Waals surface area contributed by atoms with Crippen LogP contribution in [0.15, 0.2) is 42.5 Å². The number of aliphatic carboxylic acids is 1. The van der Waals surface area contributed by atoms with Gasteiger partial charge in [0.1, 0.15) is 11.5 Å². The van der Waals surface area contributed by atoms with Gasteiger partial charge in [-0.1, -0.05) is 18.2 Å². The summed E-state index contributed by atoms with van der Waals surface area (Å²) in [6.07, 6.45) is 0. The van der Waals surface area contributed by atoms with Crippen molar-refractivity contribution in [2.75, 3.05) is 13.1 Å². The van der Waals surface area contributed by atoms with Crippen LogP contribution >= 0.6 is 0 Å². The Kier molecular flexibility index (Phi) is 4.35. The van der Waals surface area contributed by atoms with Crippen LogP contribution in [0, 0.1) is 19.8 Å². The quantitative estimate of drug-likeness (QED) is 0.916. The zero-order valence-electron chi connectivity index (χ0n) is 13.5. The van der Waals surface area contributed by atoms with Crippen molar-refractivity contribution in [1.82, 2.24) is 4.90 Å². The van der Waals surface area contributed by atoms with E-state index in [2.05, 4.69) is 24.8 Å². The van der Waals surface area contributed by atoms with Crippen LogP contribution in [0.25, 0.3) is 0 Å². The fourth-order valence-corrected chi connectivity index (χ4v) is 2.69. The lowest BCUT2D eigenvalue weighted by molar-refractivity contribution is -0.147. The average molecular weight is 311 g/mol. The number of hydrogen-bond acceptors (Lipinski definition) is 3. The molecule has 4 nitrogen and oxygen atoms in total. The zero-order valence-corrected chi connectivity index (χ0v) is 13.5.